The lowest BCUT2D eigenvalue weighted by Crippen LogP contribution is -2.05. The molecule has 2 aromatic rings. The third-order valence-electron chi connectivity index (χ3n) is 3.37. The quantitative estimate of drug-likeness (QED) is 0.795. The zero-order chi connectivity index (χ0) is 14.7. The van der Waals surface area contributed by atoms with E-state index in [1.54, 1.807) is 6.20 Å². The molecule has 21 heavy (non-hydrogen) atoms. The molecule has 3 rings (SSSR count). The predicted octanol–water partition coefficient (Wildman–Crippen LogP) is 2.63. The molecule has 0 saturated carbocycles. The maximum atomic E-state index is 10.5. The summed E-state index contributed by atoms with van der Waals surface area (Å²) >= 11 is 0. The number of carboxylic acids is 1. The molecule has 0 fully saturated rings. The molecule has 0 spiro atoms. The number of aromatic nitrogens is 1. The summed E-state index contributed by atoms with van der Waals surface area (Å²) in [6.45, 7) is 0.935. The van der Waals surface area contributed by atoms with E-state index in [-0.39, 0.29) is 13.2 Å². The molecule has 0 radical (unpaired) electrons. The number of anilines is 1. The highest BCUT2D eigenvalue weighted by atomic mass is 16.7. The minimum Gasteiger partial charge on any atom is -0.481 e. The lowest BCUT2D eigenvalue weighted by Gasteiger charge is -2.09. The van der Waals surface area contributed by atoms with Crippen LogP contribution in [0.1, 0.15) is 19.3 Å². The van der Waals surface area contributed by atoms with E-state index < -0.39 is 5.97 Å². The Morgan fingerprint density at radius 3 is 2.90 bits per heavy atom. The maximum Gasteiger partial charge on any atom is 0.303 e. The summed E-state index contributed by atoms with van der Waals surface area (Å²) < 4.78 is 10.8. The number of hydrogen-bond donors (Lipinski definition) is 2. The highest BCUT2D eigenvalue weighted by molar-refractivity contribution is 5.94. The van der Waals surface area contributed by atoms with Crippen molar-refractivity contribution in [2.24, 2.45) is 0 Å². The minimum absolute atomic E-state index is 0.198. The SMILES string of the molecule is O=C(O)CCCCNc1nccc2cc3c(cc12)OCO3. The lowest BCUT2D eigenvalue weighted by molar-refractivity contribution is -0.137. The predicted molar refractivity (Wildman–Crippen MR) is 77.8 cm³/mol. The van der Waals surface area contributed by atoms with Crippen molar-refractivity contribution in [2.75, 3.05) is 18.7 Å². The van der Waals surface area contributed by atoms with E-state index in [2.05, 4.69) is 10.3 Å². The highest BCUT2D eigenvalue weighted by Gasteiger charge is 2.15. The van der Waals surface area contributed by atoms with Gasteiger partial charge in [0.15, 0.2) is 11.5 Å². The first-order valence-electron chi connectivity index (χ1n) is 6.88. The number of pyridine rings is 1. The average molecular weight is 288 g/mol. The zero-order valence-corrected chi connectivity index (χ0v) is 11.5. The number of unbranched alkanes of at least 4 members (excludes halogenated alkanes) is 1. The highest BCUT2D eigenvalue weighted by Crippen LogP contribution is 2.37. The van der Waals surface area contributed by atoms with Crippen LogP contribution in [0.15, 0.2) is 24.4 Å². The second-order valence-electron chi connectivity index (χ2n) is 4.86. The summed E-state index contributed by atoms with van der Waals surface area (Å²) in [4.78, 5) is 14.8. The molecule has 0 atom stereocenters. The largest absolute Gasteiger partial charge is 0.481 e. The van der Waals surface area contributed by atoms with Gasteiger partial charge >= 0.3 is 5.97 Å². The number of hydrogen-bond acceptors (Lipinski definition) is 5. The van der Waals surface area contributed by atoms with Crippen molar-refractivity contribution in [1.29, 1.82) is 0 Å². The molecule has 1 aromatic carbocycles. The van der Waals surface area contributed by atoms with Crippen molar-refractivity contribution in [3.63, 3.8) is 0 Å². The Morgan fingerprint density at radius 1 is 1.29 bits per heavy atom. The first-order valence-corrected chi connectivity index (χ1v) is 6.88. The molecule has 6 nitrogen and oxygen atoms in total. The standard InChI is InChI=1S/C15H16N2O4/c18-14(19)3-1-2-5-16-15-11-8-13-12(20-9-21-13)7-10(11)4-6-17-15/h4,6-8H,1-3,5,9H2,(H,16,17)(H,18,19). The fourth-order valence-corrected chi connectivity index (χ4v) is 2.31. The molecule has 2 heterocycles. The van der Waals surface area contributed by atoms with Gasteiger partial charge in [0.05, 0.1) is 0 Å². The van der Waals surface area contributed by atoms with Crippen molar-refractivity contribution in [3.05, 3.63) is 24.4 Å². The van der Waals surface area contributed by atoms with Gasteiger partial charge in [-0.3, -0.25) is 4.79 Å². The Labute approximate surface area is 121 Å². The first-order chi connectivity index (χ1) is 10.2. The Morgan fingerprint density at radius 2 is 2.10 bits per heavy atom. The van der Waals surface area contributed by atoms with Crippen molar-refractivity contribution in [2.45, 2.75) is 19.3 Å². The van der Waals surface area contributed by atoms with Gasteiger partial charge in [0.1, 0.15) is 5.82 Å². The fraction of sp³-hybridized carbons (Fsp3) is 0.333. The van der Waals surface area contributed by atoms with Crippen molar-refractivity contribution < 1.29 is 19.4 Å². The molecule has 1 aromatic heterocycles. The van der Waals surface area contributed by atoms with Crippen LogP contribution in [0.25, 0.3) is 10.8 Å². The molecule has 2 N–H and O–H groups in total. The summed E-state index contributed by atoms with van der Waals surface area (Å²) in [5.41, 5.74) is 0. The van der Waals surface area contributed by atoms with Crippen LogP contribution >= 0.6 is 0 Å². The van der Waals surface area contributed by atoms with Crippen molar-refractivity contribution in [3.8, 4) is 11.5 Å². The molecule has 6 heteroatoms. The van der Waals surface area contributed by atoms with Gasteiger partial charge < -0.3 is 19.9 Å². The fourth-order valence-electron chi connectivity index (χ4n) is 2.31. The van der Waals surface area contributed by atoms with Crippen LogP contribution < -0.4 is 14.8 Å². The van der Waals surface area contributed by atoms with Gasteiger partial charge in [-0.15, -0.1) is 0 Å². The van der Waals surface area contributed by atoms with Crippen LogP contribution in [0.5, 0.6) is 11.5 Å². The van der Waals surface area contributed by atoms with Gasteiger partial charge in [-0.25, -0.2) is 4.98 Å². The second-order valence-corrected chi connectivity index (χ2v) is 4.86. The second kappa shape index (κ2) is 5.87. The average Bonchev–Trinajstić information content (AvgIpc) is 2.91. The van der Waals surface area contributed by atoms with E-state index in [9.17, 15) is 4.79 Å². The first kappa shape index (κ1) is 13.5. The molecule has 0 saturated heterocycles. The van der Waals surface area contributed by atoms with Crippen LogP contribution in [0.2, 0.25) is 0 Å². The summed E-state index contributed by atoms with van der Waals surface area (Å²) in [5, 5.41) is 13.9. The molecule has 0 aliphatic carbocycles. The van der Waals surface area contributed by atoms with Gasteiger partial charge in [0, 0.05) is 24.5 Å². The van der Waals surface area contributed by atoms with Crippen LogP contribution in [0.4, 0.5) is 5.82 Å². The van der Waals surface area contributed by atoms with Crippen LogP contribution in [-0.4, -0.2) is 29.4 Å². The van der Waals surface area contributed by atoms with Crippen LogP contribution in [0, 0.1) is 0 Å². The molecule has 0 amide bonds. The molecular weight excluding hydrogens is 272 g/mol. The normalized spacial score (nSPS) is 12.6. The van der Waals surface area contributed by atoms with E-state index in [1.165, 1.54) is 0 Å². The molecule has 1 aliphatic heterocycles. The number of ether oxygens (including phenoxy) is 2. The van der Waals surface area contributed by atoms with Crippen molar-refractivity contribution >= 4 is 22.6 Å². The number of nitrogens with zero attached hydrogens (tertiary/aromatic N) is 1. The number of carbonyl (C=O) groups is 1. The Kier molecular flexibility index (Phi) is 3.77. The number of rotatable bonds is 6. The Hall–Kier alpha value is -2.50. The van der Waals surface area contributed by atoms with Gasteiger partial charge in [0.25, 0.3) is 0 Å². The Bertz CT molecular complexity index is 672. The van der Waals surface area contributed by atoms with E-state index in [0.717, 1.165) is 34.5 Å². The van der Waals surface area contributed by atoms with E-state index in [1.807, 2.05) is 18.2 Å². The van der Waals surface area contributed by atoms with Gasteiger partial charge in [-0.2, -0.15) is 0 Å². The van der Waals surface area contributed by atoms with Gasteiger partial charge in [-0.05, 0) is 36.4 Å². The maximum absolute atomic E-state index is 10.5. The Balaban J connectivity index is 1.72. The number of benzene rings is 1. The molecule has 0 bridgehead atoms. The molecular formula is C15H16N2O4. The zero-order valence-electron chi connectivity index (χ0n) is 11.5. The minimum atomic E-state index is -0.758. The summed E-state index contributed by atoms with van der Waals surface area (Å²) in [7, 11) is 0. The van der Waals surface area contributed by atoms with Crippen LogP contribution in [0.3, 0.4) is 0 Å². The number of carboxylic acid groups (broad SMARTS) is 1. The van der Waals surface area contributed by atoms with E-state index in [0.29, 0.717) is 13.0 Å². The van der Waals surface area contributed by atoms with Gasteiger partial charge in [0.2, 0.25) is 6.79 Å². The topological polar surface area (TPSA) is 80.7 Å². The monoisotopic (exact) mass is 288 g/mol. The number of fused-ring (bicyclic) bond motifs is 2. The summed E-state index contributed by atoms with van der Waals surface area (Å²) in [6.07, 6.45) is 3.38. The summed E-state index contributed by atoms with van der Waals surface area (Å²) in [5.74, 6) is 1.50. The smallest absolute Gasteiger partial charge is 0.303 e. The lowest BCUT2D eigenvalue weighted by atomic mass is 10.1. The van der Waals surface area contributed by atoms with Crippen LogP contribution in [-0.2, 0) is 4.79 Å². The van der Waals surface area contributed by atoms with E-state index in [4.69, 9.17) is 14.6 Å². The molecule has 1 aliphatic rings. The molecule has 110 valence electrons. The number of nitrogens with one attached hydrogen (secondary N) is 1. The summed E-state index contributed by atoms with van der Waals surface area (Å²) in [6, 6.07) is 5.78. The van der Waals surface area contributed by atoms with E-state index >= 15 is 0 Å². The van der Waals surface area contributed by atoms with Crippen molar-refractivity contribution in [1.82, 2.24) is 4.98 Å². The third kappa shape index (κ3) is 2.99. The van der Waals surface area contributed by atoms with Gasteiger partial charge in [-0.1, -0.05) is 0 Å². The third-order valence-corrected chi connectivity index (χ3v) is 3.37. The molecule has 0 unspecified atom stereocenters. The number of aliphatic carboxylic acids is 1.